The van der Waals surface area contributed by atoms with Crippen LogP contribution in [0.3, 0.4) is 0 Å². The van der Waals surface area contributed by atoms with Gasteiger partial charge in [-0.05, 0) is 42.9 Å². The van der Waals surface area contributed by atoms with Crippen molar-refractivity contribution in [3.05, 3.63) is 83.3 Å². The normalized spacial score (nSPS) is 21.8. The Bertz CT molecular complexity index is 1350. The molecule has 1 atom stereocenters. The summed E-state index contributed by atoms with van der Waals surface area (Å²) in [7, 11) is -3.65. The quantitative estimate of drug-likeness (QED) is 0.559. The zero-order valence-corrected chi connectivity index (χ0v) is 20.7. The molecule has 1 aromatic heterocycles. The number of anilines is 1. The van der Waals surface area contributed by atoms with Gasteiger partial charge >= 0.3 is 0 Å². The van der Waals surface area contributed by atoms with Crippen LogP contribution in [0, 0.1) is 5.82 Å². The summed E-state index contributed by atoms with van der Waals surface area (Å²) in [6.45, 7) is 1.00. The van der Waals surface area contributed by atoms with E-state index in [4.69, 9.17) is 10.5 Å². The van der Waals surface area contributed by atoms with Gasteiger partial charge < -0.3 is 10.5 Å². The fourth-order valence-electron chi connectivity index (χ4n) is 5.26. The second-order valence-corrected chi connectivity index (χ2v) is 11.5. The number of halogens is 1. The summed E-state index contributed by atoms with van der Waals surface area (Å²) in [4.78, 5) is 13.5. The van der Waals surface area contributed by atoms with E-state index in [1.165, 1.54) is 27.3 Å². The molecule has 2 saturated heterocycles. The Hall–Kier alpha value is -3.08. The van der Waals surface area contributed by atoms with Gasteiger partial charge in [0.15, 0.2) is 0 Å². The van der Waals surface area contributed by atoms with Gasteiger partial charge in [-0.25, -0.2) is 17.5 Å². The van der Waals surface area contributed by atoms with Gasteiger partial charge in [-0.3, -0.25) is 4.79 Å². The van der Waals surface area contributed by atoms with Crippen LogP contribution in [0.1, 0.15) is 52.4 Å². The molecule has 36 heavy (non-hydrogen) atoms. The number of ether oxygens (including phenoxy) is 1. The number of sulfonamides is 1. The summed E-state index contributed by atoms with van der Waals surface area (Å²) in [6, 6.07) is 15.4. The molecule has 0 amide bonds. The van der Waals surface area contributed by atoms with Crippen molar-refractivity contribution in [3.63, 3.8) is 0 Å². The third kappa shape index (κ3) is 4.44. The maximum Gasteiger partial charge on any atom is 0.257 e. The minimum Gasteiger partial charge on any atom is -0.382 e. The summed E-state index contributed by atoms with van der Waals surface area (Å²) in [5.41, 5.74) is 6.24. The summed E-state index contributed by atoms with van der Waals surface area (Å²) < 4.78 is 50.3. The van der Waals surface area contributed by atoms with E-state index in [0.29, 0.717) is 51.0 Å². The number of nitrogens with two attached hydrogens (primary N) is 1. The predicted octanol–water partition coefficient (Wildman–Crippen LogP) is 3.66. The van der Waals surface area contributed by atoms with Crippen molar-refractivity contribution >= 4 is 21.7 Å². The molecule has 0 spiro atoms. The smallest absolute Gasteiger partial charge is 0.257 e. The number of carbonyl (C=O) groups is 1. The van der Waals surface area contributed by atoms with Crippen LogP contribution in [0.25, 0.3) is 0 Å². The second kappa shape index (κ2) is 9.76. The average Bonchev–Trinajstić information content (AvgIpc) is 3.32. The lowest BCUT2D eigenvalue weighted by atomic mass is 9.73. The fourth-order valence-corrected chi connectivity index (χ4v) is 7.29. The number of rotatable bonds is 5. The molecule has 0 bridgehead atoms. The van der Waals surface area contributed by atoms with Crippen LogP contribution in [0.2, 0.25) is 0 Å². The third-order valence-electron chi connectivity index (χ3n) is 7.29. The molecular weight excluding hydrogens is 483 g/mol. The third-order valence-corrected chi connectivity index (χ3v) is 9.55. The van der Waals surface area contributed by atoms with Crippen molar-refractivity contribution in [1.29, 1.82) is 0 Å². The van der Waals surface area contributed by atoms with Crippen molar-refractivity contribution < 1.29 is 22.3 Å². The molecule has 2 aliphatic heterocycles. The Kier molecular flexibility index (Phi) is 6.67. The molecule has 0 radical (unpaired) electrons. The van der Waals surface area contributed by atoms with E-state index in [0.717, 1.165) is 5.56 Å². The second-order valence-electron chi connectivity index (χ2n) is 9.41. The molecule has 0 unspecified atom stereocenters. The molecule has 2 aromatic carbocycles. The monoisotopic (exact) mass is 512 g/mol. The number of aromatic nitrogens is 2. The van der Waals surface area contributed by atoms with E-state index >= 15 is 4.39 Å². The lowest BCUT2D eigenvalue weighted by Gasteiger charge is -2.36. The summed E-state index contributed by atoms with van der Waals surface area (Å²) >= 11 is 0. The van der Waals surface area contributed by atoms with Crippen LogP contribution in [0.15, 0.2) is 60.8 Å². The first kappa shape index (κ1) is 24.6. The van der Waals surface area contributed by atoms with Crippen LogP contribution in [0.5, 0.6) is 0 Å². The lowest BCUT2D eigenvalue weighted by molar-refractivity contribution is 0.0355. The molecule has 2 fully saturated rings. The van der Waals surface area contributed by atoms with Gasteiger partial charge in [-0.15, -0.1) is 5.10 Å². The largest absolute Gasteiger partial charge is 0.382 e. The molecule has 8 nitrogen and oxygen atoms in total. The zero-order valence-electron chi connectivity index (χ0n) is 19.8. The van der Waals surface area contributed by atoms with Crippen molar-refractivity contribution in [2.75, 3.05) is 25.5 Å². The summed E-state index contributed by atoms with van der Waals surface area (Å²) in [5.74, 6) is -0.606. The number of hydrogen-bond acceptors (Lipinski definition) is 6. The number of hydrogen-bond donors (Lipinski definition) is 1. The van der Waals surface area contributed by atoms with Crippen LogP contribution in [-0.2, 0) is 26.7 Å². The van der Waals surface area contributed by atoms with Gasteiger partial charge in [-0.1, -0.05) is 42.5 Å². The average molecular weight is 513 g/mol. The number of benzene rings is 2. The van der Waals surface area contributed by atoms with Gasteiger partial charge in [0.05, 0.1) is 5.41 Å². The molecule has 0 aliphatic carbocycles. The van der Waals surface area contributed by atoms with E-state index in [9.17, 15) is 13.2 Å². The maximum absolute atomic E-state index is 15.5. The molecule has 3 aromatic rings. The maximum atomic E-state index is 15.5. The van der Waals surface area contributed by atoms with Gasteiger partial charge in [0.1, 0.15) is 16.9 Å². The Morgan fingerprint density at radius 3 is 2.56 bits per heavy atom. The molecule has 3 heterocycles. The standard InChI is InChI=1S/C26H29FN4O4S/c27-22-17-21(26(11-15-35-16-12-26)25(32)31-14-10-24(28)29-31)9-8-20(22)18-30-13-4-7-23(36(30,33)34)19-5-2-1-3-6-19/h1-3,5-6,8-10,14,17,23H,4,7,11-13,15-16,18H2,(H2,28,29)/t23-/m1/s1. The van der Waals surface area contributed by atoms with Gasteiger partial charge in [-0.2, -0.15) is 4.31 Å². The highest BCUT2D eigenvalue weighted by atomic mass is 32.2. The molecule has 2 aliphatic rings. The summed E-state index contributed by atoms with van der Waals surface area (Å²) in [5, 5.41) is 3.42. The van der Waals surface area contributed by atoms with Gasteiger partial charge in [0, 0.05) is 44.1 Å². The number of nitrogens with zero attached hydrogens (tertiary/aromatic N) is 3. The van der Waals surface area contributed by atoms with E-state index in [1.54, 1.807) is 12.1 Å². The first-order valence-electron chi connectivity index (χ1n) is 12.1. The molecular formula is C26H29FN4O4S. The van der Waals surface area contributed by atoms with E-state index in [1.807, 2.05) is 30.3 Å². The van der Waals surface area contributed by atoms with Crippen LogP contribution < -0.4 is 5.73 Å². The molecule has 5 rings (SSSR count). The highest BCUT2D eigenvalue weighted by molar-refractivity contribution is 7.89. The number of carbonyl (C=O) groups excluding carboxylic acids is 1. The topological polar surface area (TPSA) is 108 Å². The number of nitrogen functional groups attached to an aromatic ring is 1. The lowest BCUT2D eigenvalue weighted by Crippen LogP contribution is -2.44. The van der Waals surface area contributed by atoms with Crippen molar-refractivity contribution in [2.24, 2.45) is 0 Å². The Labute approximate surface area is 209 Å². The predicted molar refractivity (Wildman–Crippen MR) is 133 cm³/mol. The first-order valence-corrected chi connectivity index (χ1v) is 13.6. The van der Waals surface area contributed by atoms with Crippen LogP contribution in [0.4, 0.5) is 10.2 Å². The zero-order chi connectivity index (χ0) is 25.3. The summed E-state index contributed by atoms with van der Waals surface area (Å²) in [6.07, 6.45) is 3.50. The minimum absolute atomic E-state index is 0.0580. The van der Waals surface area contributed by atoms with Crippen molar-refractivity contribution in [3.8, 4) is 0 Å². The molecule has 190 valence electrons. The molecule has 0 saturated carbocycles. The Balaban J connectivity index is 1.43. The Morgan fingerprint density at radius 1 is 1.14 bits per heavy atom. The molecule has 10 heteroatoms. The van der Waals surface area contributed by atoms with Crippen molar-refractivity contribution in [2.45, 2.75) is 42.9 Å². The van der Waals surface area contributed by atoms with Crippen LogP contribution >= 0.6 is 0 Å². The van der Waals surface area contributed by atoms with Crippen molar-refractivity contribution in [1.82, 2.24) is 14.1 Å². The van der Waals surface area contributed by atoms with E-state index in [-0.39, 0.29) is 23.8 Å². The van der Waals surface area contributed by atoms with Gasteiger partial charge in [0.2, 0.25) is 10.0 Å². The van der Waals surface area contributed by atoms with Gasteiger partial charge in [0.25, 0.3) is 5.91 Å². The minimum atomic E-state index is -3.65. The highest BCUT2D eigenvalue weighted by Crippen LogP contribution is 2.39. The fraction of sp³-hybridized carbons (Fsp3) is 0.385. The van der Waals surface area contributed by atoms with E-state index < -0.39 is 26.5 Å². The molecule has 2 N–H and O–H groups in total. The first-order chi connectivity index (χ1) is 17.3. The van der Waals surface area contributed by atoms with E-state index in [2.05, 4.69) is 5.10 Å². The Morgan fingerprint density at radius 2 is 1.89 bits per heavy atom. The highest BCUT2D eigenvalue weighted by Gasteiger charge is 2.44. The van der Waals surface area contributed by atoms with Crippen LogP contribution in [-0.4, -0.2) is 48.2 Å². The SMILES string of the molecule is Nc1ccn(C(=O)C2(c3ccc(CN4CCC[C@H](c5ccccc5)S4(=O)=O)c(F)c3)CCOCC2)n1.